The van der Waals surface area contributed by atoms with Gasteiger partial charge >= 0.3 is 5.97 Å². The highest BCUT2D eigenvalue weighted by Gasteiger charge is 2.22. The molecule has 2 rings (SSSR count). The second-order valence-electron chi connectivity index (χ2n) is 5.53. The van der Waals surface area contributed by atoms with E-state index in [1.54, 1.807) is 7.05 Å². The number of anilines is 1. The molecule has 0 unspecified atom stereocenters. The Bertz CT molecular complexity index is 869. The van der Waals surface area contributed by atoms with Gasteiger partial charge in [-0.05, 0) is 5.92 Å². The number of carbonyl (C=O) groups is 2. The minimum atomic E-state index is -0.558. The fraction of sp³-hybridized carbons (Fsp3) is 0.375. The van der Waals surface area contributed by atoms with Crippen LogP contribution in [-0.2, 0) is 11.8 Å². The van der Waals surface area contributed by atoms with Crippen LogP contribution >= 0.6 is 11.3 Å². The Labute approximate surface area is 148 Å². The summed E-state index contributed by atoms with van der Waals surface area (Å²) < 4.78 is 11.1. The summed E-state index contributed by atoms with van der Waals surface area (Å²) in [6.45, 7) is 3.83. The van der Waals surface area contributed by atoms with Crippen LogP contribution in [0.5, 0.6) is 5.75 Å². The van der Waals surface area contributed by atoms with Gasteiger partial charge in [-0.2, -0.15) is 0 Å². The van der Waals surface area contributed by atoms with E-state index in [2.05, 4.69) is 10.3 Å². The lowest BCUT2D eigenvalue weighted by Crippen LogP contribution is -2.21. The SMILES string of the molecule is COC(=O)c1nc(NC(=O)c2cc(=O)c(OC)cn2C)sc1C(C)C. The molecule has 0 bridgehead atoms. The van der Waals surface area contributed by atoms with E-state index >= 15 is 0 Å². The number of esters is 1. The van der Waals surface area contributed by atoms with Gasteiger partial charge < -0.3 is 14.0 Å². The number of ether oxygens (including phenoxy) is 2. The molecule has 9 heteroatoms. The molecular formula is C16H19N3O5S. The van der Waals surface area contributed by atoms with Crippen molar-refractivity contribution >= 4 is 28.3 Å². The van der Waals surface area contributed by atoms with Gasteiger partial charge in [0.2, 0.25) is 5.43 Å². The predicted molar refractivity (Wildman–Crippen MR) is 93.7 cm³/mol. The van der Waals surface area contributed by atoms with Crippen LogP contribution in [0.4, 0.5) is 5.13 Å². The lowest BCUT2D eigenvalue weighted by Gasteiger charge is -2.09. The van der Waals surface area contributed by atoms with Gasteiger partial charge in [0.05, 0.1) is 20.4 Å². The summed E-state index contributed by atoms with van der Waals surface area (Å²) in [5.74, 6) is -0.883. The van der Waals surface area contributed by atoms with Crippen molar-refractivity contribution in [3.8, 4) is 5.75 Å². The maximum atomic E-state index is 12.5. The van der Waals surface area contributed by atoms with Crippen LogP contribution < -0.4 is 15.5 Å². The van der Waals surface area contributed by atoms with Crippen molar-refractivity contribution in [2.45, 2.75) is 19.8 Å². The molecule has 1 N–H and O–H groups in total. The zero-order chi connectivity index (χ0) is 18.7. The first-order valence-electron chi connectivity index (χ1n) is 7.43. The molecule has 0 atom stereocenters. The highest BCUT2D eigenvalue weighted by molar-refractivity contribution is 7.16. The van der Waals surface area contributed by atoms with Crippen molar-refractivity contribution in [1.82, 2.24) is 9.55 Å². The monoisotopic (exact) mass is 365 g/mol. The Kier molecular flexibility index (Phi) is 5.58. The van der Waals surface area contributed by atoms with Crippen molar-refractivity contribution in [3.05, 3.63) is 38.8 Å². The summed E-state index contributed by atoms with van der Waals surface area (Å²) in [4.78, 5) is 41.0. The molecule has 0 radical (unpaired) electrons. The van der Waals surface area contributed by atoms with Crippen LogP contribution in [0.3, 0.4) is 0 Å². The second-order valence-corrected chi connectivity index (χ2v) is 6.57. The van der Waals surface area contributed by atoms with Gasteiger partial charge in [0.1, 0.15) is 5.69 Å². The molecule has 0 spiro atoms. The average molecular weight is 365 g/mol. The summed E-state index contributed by atoms with van der Waals surface area (Å²) >= 11 is 1.20. The first-order chi connectivity index (χ1) is 11.8. The van der Waals surface area contributed by atoms with E-state index < -0.39 is 17.3 Å². The van der Waals surface area contributed by atoms with E-state index in [0.717, 1.165) is 0 Å². The van der Waals surface area contributed by atoms with E-state index in [1.807, 2.05) is 13.8 Å². The van der Waals surface area contributed by atoms with E-state index in [-0.39, 0.29) is 28.2 Å². The number of amides is 1. The third-order valence-electron chi connectivity index (χ3n) is 3.43. The van der Waals surface area contributed by atoms with Gasteiger partial charge in [-0.1, -0.05) is 13.8 Å². The third kappa shape index (κ3) is 3.87. The molecule has 2 aromatic rings. The largest absolute Gasteiger partial charge is 0.491 e. The molecule has 0 saturated heterocycles. The van der Waals surface area contributed by atoms with Crippen molar-refractivity contribution in [2.24, 2.45) is 7.05 Å². The number of aromatic nitrogens is 2. The normalized spacial score (nSPS) is 10.6. The van der Waals surface area contributed by atoms with Crippen LogP contribution in [0.25, 0.3) is 0 Å². The number of nitrogens with one attached hydrogen (secondary N) is 1. The molecular weight excluding hydrogens is 346 g/mol. The van der Waals surface area contributed by atoms with E-state index in [1.165, 1.54) is 42.4 Å². The molecule has 0 aliphatic carbocycles. The second kappa shape index (κ2) is 7.47. The number of pyridine rings is 1. The van der Waals surface area contributed by atoms with Gasteiger partial charge in [0.15, 0.2) is 16.6 Å². The number of thiazole rings is 1. The number of methoxy groups -OCH3 is 2. The van der Waals surface area contributed by atoms with Crippen LogP contribution in [0.1, 0.15) is 45.6 Å². The Balaban J connectivity index is 2.34. The predicted octanol–water partition coefficient (Wildman–Crippen LogP) is 2.01. The van der Waals surface area contributed by atoms with Crippen molar-refractivity contribution < 1.29 is 19.1 Å². The van der Waals surface area contributed by atoms with Crippen LogP contribution in [0.15, 0.2) is 17.1 Å². The van der Waals surface area contributed by atoms with E-state index in [4.69, 9.17) is 9.47 Å². The maximum absolute atomic E-state index is 12.5. The number of aryl methyl sites for hydroxylation is 1. The molecule has 2 aromatic heterocycles. The third-order valence-corrected chi connectivity index (χ3v) is 4.70. The van der Waals surface area contributed by atoms with Gasteiger partial charge in [-0.25, -0.2) is 9.78 Å². The summed E-state index contributed by atoms with van der Waals surface area (Å²) in [7, 11) is 4.28. The highest BCUT2D eigenvalue weighted by atomic mass is 32.1. The van der Waals surface area contributed by atoms with Gasteiger partial charge in [-0.15, -0.1) is 11.3 Å². The van der Waals surface area contributed by atoms with E-state index in [0.29, 0.717) is 4.88 Å². The molecule has 2 heterocycles. The molecule has 8 nitrogen and oxygen atoms in total. The molecule has 0 aliphatic rings. The fourth-order valence-corrected chi connectivity index (χ4v) is 3.12. The Morgan fingerprint density at radius 2 is 2.00 bits per heavy atom. The van der Waals surface area contributed by atoms with Crippen LogP contribution in [-0.4, -0.2) is 35.6 Å². The summed E-state index contributed by atoms with van der Waals surface area (Å²) in [6, 6.07) is 1.19. The zero-order valence-electron chi connectivity index (χ0n) is 14.6. The van der Waals surface area contributed by atoms with Crippen molar-refractivity contribution in [3.63, 3.8) is 0 Å². The van der Waals surface area contributed by atoms with Gasteiger partial charge in [-0.3, -0.25) is 14.9 Å². The maximum Gasteiger partial charge on any atom is 0.357 e. The van der Waals surface area contributed by atoms with E-state index in [9.17, 15) is 14.4 Å². The van der Waals surface area contributed by atoms with Crippen LogP contribution in [0, 0.1) is 0 Å². The minimum Gasteiger partial charge on any atom is -0.491 e. The Morgan fingerprint density at radius 1 is 1.32 bits per heavy atom. The highest BCUT2D eigenvalue weighted by Crippen LogP contribution is 2.30. The number of rotatable bonds is 5. The number of hydrogen-bond acceptors (Lipinski definition) is 7. The number of hydrogen-bond donors (Lipinski definition) is 1. The topological polar surface area (TPSA) is 99.5 Å². The molecule has 0 aromatic carbocycles. The summed E-state index contributed by atoms with van der Waals surface area (Å²) in [5, 5.41) is 2.88. The first kappa shape index (κ1) is 18.7. The van der Waals surface area contributed by atoms with Crippen molar-refractivity contribution in [1.29, 1.82) is 0 Å². The molecule has 25 heavy (non-hydrogen) atoms. The molecule has 0 aliphatic heterocycles. The van der Waals surface area contributed by atoms with Gasteiger partial charge in [0, 0.05) is 18.0 Å². The van der Waals surface area contributed by atoms with Crippen molar-refractivity contribution in [2.75, 3.05) is 19.5 Å². The summed E-state index contributed by atoms with van der Waals surface area (Å²) in [5.41, 5.74) is -0.0730. The van der Waals surface area contributed by atoms with Gasteiger partial charge in [0.25, 0.3) is 5.91 Å². The summed E-state index contributed by atoms with van der Waals surface area (Å²) in [6.07, 6.45) is 1.43. The first-order valence-corrected chi connectivity index (χ1v) is 8.25. The smallest absolute Gasteiger partial charge is 0.357 e. The number of nitrogens with zero attached hydrogens (tertiary/aromatic N) is 2. The molecule has 0 saturated carbocycles. The Morgan fingerprint density at radius 3 is 2.56 bits per heavy atom. The molecule has 1 amide bonds. The number of carbonyl (C=O) groups excluding carboxylic acids is 2. The standard InChI is InChI=1S/C16H19N3O5S/c1-8(2)13-12(15(22)24-5)17-16(25-13)18-14(21)9-6-10(20)11(23-4)7-19(9)3/h6-8H,1-5H3,(H,17,18,21). The lowest BCUT2D eigenvalue weighted by atomic mass is 10.1. The Hall–Kier alpha value is -2.68. The molecule has 134 valence electrons. The molecule has 0 fully saturated rings. The minimum absolute atomic E-state index is 0.0441. The van der Waals surface area contributed by atoms with Crippen LogP contribution in [0.2, 0.25) is 0 Å². The lowest BCUT2D eigenvalue weighted by molar-refractivity contribution is 0.0593. The zero-order valence-corrected chi connectivity index (χ0v) is 15.4. The fourth-order valence-electron chi connectivity index (χ4n) is 2.17. The quantitative estimate of drug-likeness (QED) is 0.814. The average Bonchev–Trinajstić information content (AvgIpc) is 2.99.